The summed E-state index contributed by atoms with van der Waals surface area (Å²) in [6, 6.07) is 0.512. The Bertz CT molecular complexity index is 397. The monoisotopic (exact) mass is 288 g/mol. The van der Waals surface area contributed by atoms with Gasteiger partial charge in [0.25, 0.3) is 5.95 Å². The molecule has 1 rings (SSSR count). The lowest BCUT2D eigenvalue weighted by Crippen LogP contribution is -2.07. The highest BCUT2D eigenvalue weighted by Gasteiger charge is 2.10. The summed E-state index contributed by atoms with van der Waals surface area (Å²) in [6.45, 7) is 2.71. The molecule has 1 heterocycles. The summed E-state index contributed by atoms with van der Waals surface area (Å²) >= 11 is 0. The van der Waals surface area contributed by atoms with Gasteiger partial charge in [-0.1, -0.05) is 51.9 Å². The molecule has 0 aromatic carbocycles. The Morgan fingerprint density at radius 1 is 0.900 bits per heavy atom. The third-order valence-electron chi connectivity index (χ3n) is 3.21. The van der Waals surface area contributed by atoms with Gasteiger partial charge in [-0.2, -0.15) is 9.37 Å². The number of aromatic nitrogens is 1. The molecule has 0 saturated carbocycles. The van der Waals surface area contributed by atoms with Gasteiger partial charge in [-0.05, 0) is 6.42 Å². The largest absolute Gasteiger partial charge is 0.368 e. The minimum Gasteiger partial charge on any atom is -0.368 e. The molecule has 0 amide bonds. The smallest absolute Gasteiger partial charge is 0.251 e. The zero-order chi connectivity index (χ0) is 14.8. The van der Waals surface area contributed by atoms with E-state index in [4.69, 9.17) is 0 Å². The van der Waals surface area contributed by atoms with Crippen LogP contribution < -0.4 is 5.32 Å². The molecule has 1 N–H and O–H groups in total. The lowest BCUT2D eigenvalue weighted by atomic mass is 10.1. The topological polar surface area (TPSA) is 24.9 Å². The summed E-state index contributed by atoms with van der Waals surface area (Å²) in [6.07, 6.45) is 9.38. The third kappa shape index (κ3) is 6.26. The number of anilines is 1. The van der Waals surface area contributed by atoms with Crippen LogP contribution in [0.3, 0.4) is 0 Å². The normalized spacial score (nSPS) is 10.8. The van der Waals surface area contributed by atoms with E-state index in [-0.39, 0.29) is 5.82 Å². The van der Waals surface area contributed by atoms with E-state index >= 15 is 0 Å². The minimum absolute atomic E-state index is 0.216. The van der Waals surface area contributed by atoms with Crippen molar-refractivity contribution < 1.29 is 13.2 Å². The molecule has 0 fully saturated rings. The number of hydrogen-bond donors (Lipinski definition) is 1. The average Bonchev–Trinajstić information content (AvgIpc) is 2.42. The van der Waals surface area contributed by atoms with E-state index in [9.17, 15) is 13.2 Å². The van der Waals surface area contributed by atoms with Crippen LogP contribution in [0.15, 0.2) is 6.07 Å². The molecule has 0 unspecified atom stereocenters. The van der Waals surface area contributed by atoms with Crippen LogP contribution in [0.4, 0.5) is 19.0 Å². The first-order chi connectivity index (χ1) is 9.65. The molecule has 0 aliphatic carbocycles. The highest BCUT2D eigenvalue weighted by Crippen LogP contribution is 2.14. The van der Waals surface area contributed by atoms with Crippen LogP contribution >= 0.6 is 0 Å². The Hall–Kier alpha value is -1.26. The zero-order valence-corrected chi connectivity index (χ0v) is 12.0. The van der Waals surface area contributed by atoms with Gasteiger partial charge in [0, 0.05) is 12.6 Å². The van der Waals surface area contributed by atoms with Gasteiger partial charge >= 0.3 is 0 Å². The van der Waals surface area contributed by atoms with Gasteiger partial charge in [0.15, 0.2) is 17.5 Å². The Labute approximate surface area is 118 Å². The van der Waals surface area contributed by atoms with Gasteiger partial charge in [-0.15, -0.1) is 0 Å². The zero-order valence-electron chi connectivity index (χ0n) is 12.0. The Morgan fingerprint density at radius 2 is 1.50 bits per heavy atom. The summed E-state index contributed by atoms with van der Waals surface area (Å²) in [7, 11) is 0. The fraction of sp³-hybridized carbons (Fsp3) is 0.667. The van der Waals surface area contributed by atoms with Crippen LogP contribution in [0.1, 0.15) is 58.3 Å². The minimum atomic E-state index is -1.27. The van der Waals surface area contributed by atoms with Gasteiger partial charge in [0.05, 0.1) is 0 Å². The molecule has 0 bridgehead atoms. The lowest BCUT2D eigenvalue weighted by Gasteiger charge is -2.07. The van der Waals surface area contributed by atoms with Crippen molar-refractivity contribution in [2.75, 3.05) is 11.9 Å². The van der Waals surface area contributed by atoms with Crippen molar-refractivity contribution in [3.8, 4) is 0 Å². The van der Waals surface area contributed by atoms with Crippen molar-refractivity contribution in [2.45, 2.75) is 58.3 Å². The van der Waals surface area contributed by atoms with E-state index in [2.05, 4.69) is 17.2 Å². The summed E-state index contributed by atoms with van der Waals surface area (Å²) in [4.78, 5) is 3.21. The number of unbranched alkanes of at least 4 members (excludes halogenated alkanes) is 7. The van der Waals surface area contributed by atoms with Gasteiger partial charge in [0.2, 0.25) is 0 Å². The Kier molecular flexibility index (Phi) is 8.07. The van der Waals surface area contributed by atoms with Crippen molar-refractivity contribution in [3.05, 3.63) is 23.6 Å². The first-order valence-electron chi connectivity index (χ1n) is 7.40. The quantitative estimate of drug-likeness (QED) is 0.481. The van der Waals surface area contributed by atoms with Crippen molar-refractivity contribution >= 4 is 5.82 Å². The molecule has 114 valence electrons. The second-order valence-corrected chi connectivity index (χ2v) is 4.99. The maximum atomic E-state index is 13.2. The summed E-state index contributed by atoms with van der Waals surface area (Å²) < 4.78 is 38.8. The molecule has 1 aromatic rings. The van der Waals surface area contributed by atoms with Gasteiger partial charge in [0.1, 0.15) is 0 Å². The van der Waals surface area contributed by atoms with Crippen molar-refractivity contribution in [1.82, 2.24) is 4.98 Å². The molecular formula is C15H23F3N2. The first-order valence-corrected chi connectivity index (χ1v) is 7.40. The summed E-state index contributed by atoms with van der Waals surface area (Å²) in [5.74, 6) is -3.61. The van der Waals surface area contributed by atoms with Gasteiger partial charge < -0.3 is 5.32 Å². The number of pyridine rings is 1. The van der Waals surface area contributed by atoms with Gasteiger partial charge in [-0.3, -0.25) is 0 Å². The molecule has 20 heavy (non-hydrogen) atoms. The van der Waals surface area contributed by atoms with Gasteiger partial charge in [-0.25, -0.2) is 8.78 Å². The molecule has 0 aliphatic heterocycles. The molecule has 2 nitrogen and oxygen atoms in total. The summed E-state index contributed by atoms with van der Waals surface area (Å²) in [5, 5.41) is 2.70. The predicted octanol–water partition coefficient (Wildman–Crippen LogP) is 5.05. The molecule has 0 aliphatic rings. The number of hydrogen-bond acceptors (Lipinski definition) is 2. The van der Waals surface area contributed by atoms with Crippen molar-refractivity contribution in [3.63, 3.8) is 0 Å². The van der Waals surface area contributed by atoms with Crippen molar-refractivity contribution in [2.24, 2.45) is 0 Å². The van der Waals surface area contributed by atoms with Crippen molar-refractivity contribution in [1.29, 1.82) is 0 Å². The molecular weight excluding hydrogens is 265 g/mol. The number of rotatable bonds is 10. The second kappa shape index (κ2) is 9.61. The van der Waals surface area contributed by atoms with Crippen LogP contribution in [0.25, 0.3) is 0 Å². The predicted molar refractivity (Wildman–Crippen MR) is 75.2 cm³/mol. The van der Waals surface area contributed by atoms with E-state index in [1.807, 2.05) is 0 Å². The fourth-order valence-electron chi connectivity index (χ4n) is 2.03. The van der Waals surface area contributed by atoms with Crippen LogP contribution in [-0.4, -0.2) is 11.5 Å². The van der Waals surface area contributed by atoms with E-state index in [1.165, 1.54) is 32.1 Å². The fourth-order valence-corrected chi connectivity index (χ4v) is 2.03. The maximum absolute atomic E-state index is 13.2. The molecule has 5 heteroatoms. The van der Waals surface area contributed by atoms with Crippen LogP contribution in [0, 0.1) is 17.6 Å². The number of nitrogens with zero attached hydrogens (tertiary/aromatic N) is 1. The molecule has 0 spiro atoms. The van der Waals surface area contributed by atoms with E-state index in [0.717, 1.165) is 19.3 Å². The van der Waals surface area contributed by atoms with E-state index < -0.39 is 17.6 Å². The summed E-state index contributed by atoms with van der Waals surface area (Å²) in [5.41, 5.74) is 0. The Morgan fingerprint density at radius 3 is 2.15 bits per heavy atom. The number of halogens is 3. The number of nitrogens with one attached hydrogen (secondary N) is 1. The van der Waals surface area contributed by atoms with Crippen LogP contribution in [0.5, 0.6) is 0 Å². The SMILES string of the molecule is CCCCCCCCCCNc1nc(F)c(F)cc1F. The standard InChI is InChI=1S/C15H23F3N2/c1-2-3-4-5-6-7-8-9-10-19-15-13(17)11-12(16)14(18)20-15/h11H,2-10H2,1H3,(H,19,20). The maximum Gasteiger partial charge on any atom is 0.251 e. The van der Waals surface area contributed by atoms with E-state index in [0.29, 0.717) is 12.6 Å². The van der Waals surface area contributed by atoms with Crippen LogP contribution in [-0.2, 0) is 0 Å². The second-order valence-electron chi connectivity index (χ2n) is 4.99. The molecule has 0 atom stereocenters. The average molecular weight is 288 g/mol. The lowest BCUT2D eigenvalue weighted by molar-refractivity contribution is 0.466. The third-order valence-corrected chi connectivity index (χ3v) is 3.21. The highest BCUT2D eigenvalue weighted by molar-refractivity contribution is 5.35. The molecule has 0 saturated heterocycles. The highest BCUT2D eigenvalue weighted by atomic mass is 19.2. The first kappa shape index (κ1) is 16.8. The van der Waals surface area contributed by atoms with Crippen LogP contribution in [0.2, 0.25) is 0 Å². The molecule has 1 aromatic heterocycles. The molecule has 0 radical (unpaired) electrons. The van der Waals surface area contributed by atoms with E-state index in [1.54, 1.807) is 0 Å². The Balaban J connectivity index is 2.11.